The lowest BCUT2D eigenvalue weighted by atomic mass is 9.93. The highest BCUT2D eigenvalue weighted by atomic mass is 35.5. The lowest BCUT2D eigenvalue weighted by molar-refractivity contribution is -0.138. The van der Waals surface area contributed by atoms with Crippen LogP contribution in [0.15, 0.2) is 85.1 Å². The fraction of sp³-hybridized carbons (Fsp3) is 0.258. The number of rotatable bonds is 11. The van der Waals surface area contributed by atoms with E-state index in [1.807, 2.05) is 85.3 Å². The van der Waals surface area contributed by atoms with E-state index in [2.05, 4.69) is 5.32 Å². The van der Waals surface area contributed by atoms with Gasteiger partial charge in [-0.15, -0.1) is 0 Å². The van der Waals surface area contributed by atoms with Crippen molar-refractivity contribution in [1.29, 1.82) is 0 Å². The van der Waals surface area contributed by atoms with E-state index in [1.165, 1.54) is 12.0 Å². The zero-order valence-corrected chi connectivity index (χ0v) is 23.5. The van der Waals surface area contributed by atoms with Crippen molar-refractivity contribution in [2.45, 2.75) is 32.2 Å². The maximum Gasteiger partial charge on any atom is 0.246 e. The Morgan fingerprint density at radius 2 is 1.73 bits per heavy atom. The monoisotopic (exact) mass is 560 g/mol. The first-order chi connectivity index (χ1) is 19.3. The van der Waals surface area contributed by atoms with Gasteiger partial charge in [0.15, 0.2) is 0 Å². The summed E-state index contributed by atoms with van der Waals surface area (Å²) in [5, 5.41) is 13.0. The van der Waals surface area contributed by atoms with E-state index >= 15 is 0 Å². The predicted molar refractivity (Wildman–Crippen MR) is 157 cm³/mol. The number of methoxy groups -OCH3 is 1. The molecule has 0 radical (unpaired) electrons. The second kappa shape index (κ2) is 13.3. The molecule has 3 aromatic carbocycles. The minimum absolute atomic E-state index is 0.186. The number of nitrogens with one attached hydrogen (secondary N) is 1. The molecule has 1 unspecified atom stereocenters. The number of hydrogen-bond acceptors (Lipinski definition) is 5. The minimum Gasteiger partial charge on any atom is -0.495 e. The van der Waals surface area contributed by atoms with Gasteiger partial charge in [-0.25, -0.2) is 4.98 Å². The predicted octanol–water partition coefficient (Wildman–Crippen LogP) is 5.54. The number of amides is 2. The molecule has 1 heterocycles. The molecular weight excluding hydrogens is 528 g/mol. The Hall–Kier alpha value is -4.14. The third-order valence-corrected chi connectivity index (χ3v) is 6.87. The first-order valence-electron chi connectivity index (χ1n) is 13.1. The number of aliphatic hydroxyl groups excluding tert-OH is 1. The molecular formula is C31H33ClN4O4. The molecule has 0 aliphatic heterocycles. The summed E-state index contributed by atoms with van der Waals surface area (Å²) >= 11 is 6.32. The van der Waals surface area contributed by atoms with Crippen LogP contribution in [0, 0.1) is 0 Å². The molecule has 1 aromatic heterocycles. The van der Waals surface area contributed by atoms with Gasteiger partial charge < -0.3 is 14.7 Å². The molecule has 0 saturated heterocycles. The van der Waals surface area contributed by atoms with Gasteiger partial charge >= 0.3 is 0 Å². The highest BCUT2D eigenvalue weighted by molar-refractivity contribution is 6.32. The standard InChI is InChI=1S/C31H33ClN4O4/c1-21(2)35(30(39)25(16-17-37)23-14-15-28(40-3)26(32)18-23)20-29(38)34-31-33-27(22-10-6-4-7-11-22)19-36(31)24-12-8-5-9-13-24/h4-15,18-19,21,25,37H,16-17,20H2,1-3H3,(H,33,34,38). The average Bonchev–Trinajstić information content (AvgIpc) is 3.38. The van der Waals surface area contributed by atoms with Gasteiger partial charge in [0.25, 0.3) is 0 Å². The van der Waals surface area contributed by atoms with Crippen molar-refractivity contribution >= 4 is 29.4 Å². The molecule has 0 spiro atoms. The second-order valence-corrected chi connectivity index (χ2v) is 10.00. The van der Waals surface area contributed by atoms with E-state index in [4.69, 9.17) is 21.3 Å². The van der Waals surface area contributed by atoms with Crippen LogP contribution in [0.1, 0.15) is 31.7 Å². The Kier molecular flexibility index (Phi) is 9.58. The number of nitrogens with zero attached hydrogens (tertiary/aromatic N) is 3. The van der Waals surface area contributed by atoms with Crippen LogP contribution in [0.2, 0.25) is 5.02 Å². The zero-order chi connectivity index (χ0) is 28.6. The topological polar surface area (TPSA) is 96.7 Å². The van der Waals surface area contributed by atoms with Crippen LogP contribution in [0.25, 0.3) is 16.9 Å². The molecule has 2 amide bonds. The summed E-state index contributed by atoms with van der Waals surface area (Å²) < 4.78 is 7.04. The molecule has 0 bridgehead atoms. The van der Waals surface area contributed by atoms with Gasteiger partial charge in [-0.2, -0.15) is 0 Å². The summed E-state index contributed by atoms with van der Waals surface area (Å²) in [5.41, 5.74) is 3.10. The van der Waals surface area contributed by atoms with Gasteiger partial charge in [-0.3, -0.25) is 19.5 Å². The molecule has 8 nitrogen and oxygen atoms in total. The quantitative estimate of drug-likeness (QED) is 0.251. The second-order valence-electron chi connectivity index (χ2n) is 9.59. The Labute approximate surface area is 239 Å². The third kappa shape index (κ3) is 6.70. The molecule has 9 heteroatoms. The average molecular weight is 561 g/mol. The number of ether oxygens (including phenoxy) is 1. The van der Waals surface area contributed by atoms with Crippen LogP contribution < -0.4 is 10.1 Å². The summed E-state index contributed by atoms with van der Waals surface area (Å²) in [6.45, 7) is 3.31. The van der Waals surface area contributed by atoms with Crippen LogP contribution in [-0.2, 0) is 9.59 Å². The lowest BCUT2D eigenvalue weighted by Crippen LogP contribution is -2.45. The number of para-hydroxylation sites is 1. The Morgan fingerprint density at radius 1 is 1.05 bits per heavy atom. The maximum absolute atomic E-state index is 13.7. The van der Waals surface area contributed by atoms with Crippen molar-refractivity contribution < 1.29 is 19.4 Å². The number of benzene rings is 3. The number of imidazole rings is 1. The largest absolute Gasteiger partial charge is 0.495 e. The van der Waals surface area contributed by atoms with Gasteiger partial charge in [0.2, 0.25) is 17.8 Å². The van der Waals surface area contributed by atoms with Crippen molar-refractivity contribution in [3.63, 3.8) is 0 Å². The highest BCUT2D eigenvalue weighted by Gasteiger charge is 2.29. The van der Waals surface area contributed by atoms with E-state index in [1.54, 1.807) is 18.2 Å². The third-order valence-electron chi connectivity index (χ3n) is 6.58. The van der Waals surface area contributed by atoms with Crippen LogP contribution in [0.4, 0.5) is 5.95 Å². The van der Waals surface area contributed by atoms with Crippen molar-refractivity contribution in [1.82, 2.24) is 14.5 Å². The van der Waals surface area contributed by atoms with E-state index in [-0.39, 0.29) is 37.4 Å². The van der Waals surface area contributed by atoms with Gasteiger partial charge in [0, 0.05) is 30.1 Å². The number of aliphatic hydroxyl groups is 1. The smallest absolute Gasteiger partial charge is 0.246 e. The first kappa shape index (κ1) is 28.9. The number of carbonyl (C=O) groups excluding carboxylic acids is 2. The van der Waals surface area contributed by atoms with Gasteiger partial charge in [0.05, 0.1) is 23.7 Å². The number of hydrogen-bond donors (Lipinski definition) is 2. The molecule has 4 rings (SSSR count). The van der Waals surface area contributed by atoms with Crippen molar-refractivity contribution in [2.24, 2.45) is 0 Å². The van der Waals surface area contributed by atoms with Crippen LogP contribution in [0.5, 0.6) is 5.75 Å². The van der Waals surface area contributed by atoms with Gasteiger partial charge in [-0.1, -0.05) is 66.2 Å². The molecule has 0 aliphatic rings. The molecule has 40 heavy (non-hydrogen) atoms. The molecule has 0 saturated carbocycles. The van der Waals surface area contributed by atoms with Crippen LogP contribution in [0.3, 0.4) is 0 Å². The Balaban J connectivity index is 1.59. The summed E-state index contributed by atoms with van der Waals surface area (Å²) in [6, 6.07) is 24.1. The van der Waals surface area contributed by atoms with E-state index in [9.17, 15) is 14.7 Å². The maximum atomic E-state index is 13.7. The molecule has 1 atom stereocenters. The number of aromatic nitrogens is 2. The van der Waals surface area contributed by atoms with E-state index in [0.717, 1.165) is 11.3 Å². The summed E-state index contributed by atoms with van der Waals surface area (Å²) in [4.78, 5) is 33.3. The summed E-state index contributed by atoms with van der Waals surface area (Å²) in [7, 11) is 1.52. The van der Waals surface area contributed by atoms with Crippen molar-refractivity contribution in [3.8, 4) is 22.7 Å². The molecule has 0 fully saturated rings. The fourth-order valence-electron chi connectivity index (χ4n) is 4.50. The highest BCUT2D eigenvalue weighted by Crippen LogP contribution is 2.31. The first-order valence-corrected chi connectivity index (χ1v) is 13.4. The van der Waals surface area contributed by atoms with E-state index < -0.39 is 5.92 Å². The van der Waals surface area contributed by atoms with Gasteiger partial charge in [0.1, 0.15) is 12.3 Å². The van der Waals surface area contributed by atoms with E-state index in [0.29, 0.717) is 28.0 Å². The SMILES string of the molecule is COc1ccc(C(CCO)C(=O)N(CC(=O)Nc2nc(-c3ccccc3)cn2-c2ccccc2)C(C)C)cc1Cl. The van der Waals surface area contributed by atoms with Crippen LogP contribution in [-0.4, -0.2) is 57.7 Å². The van der Waals surface area contributed by atoms with Crippen molar-refractivity contribution in [2.75, 3.05) is 25.6 Å². The Morgan fingerprint density at radius 3 is 2.33 bits per heavy atom. The minimum atomic E-state index is -0.681. The normalized spacial score (nSPS) is 11.8. The summed E-state index contributed by atoms with van der Waals surface area (Å²) in [6.07, 6.45) is 2.06. The fourth-order valence-corrected chi connectivity index (χ4v) is 4.76. The summed E-state index contributed by atoms with van der Waals surface area (Å²) in [5.74, 6) is -0.513. The molecule has 208 valence electrons. The molecule has 0 aliphatic carbocycles. The number of halogens is 1. The van der Waals surface area contributed by atoms with Crippen molar-refractivity contribution in [3.05, 3.63) is 95.6 Å². The van der Waals surface area contributed by atoms with Crippen LogP contribution >= 0.6 is 11.6 Å². The molecule has 4 aromatic rings. The molecule has 2 N–H and O–H groups in total. The number of carbonyl (C=O) groups is 2. The number of anilines is 1. The lowest BCUT2D eigenvalue weighted by Gasteiger charge is -2.30. The van der Waals surface area contributed by atoms with Gasteiger partial charge in [-0.05, 0) is 50.1 Å². The Bertz CT molecular complexity index is 1440. The zero-order valence-electron chi connectivity index (χ0n) is 22.8.